The minimum Gasteiger partial charge on any atom is -0.298 e. The van der Waals surface area contributed by atoms with Crippen molar-refractivity contribution in [2.45, 2.75) is 38.6 Å². The Labute approximate surface area is 127 Å². The summed E-state index contributed by atoms with van der Waals surface area (Å²) < 4.78 is 0. The average Bonchev–Trinajstić information content (AvgIpc) is 2.95. The van der Waals surface area contributed by atoms with Gasteiger partial charge in [0.2, 0.25) is 0 Å². The molecule has 0 aromatic heterocycles. The van der Waals surface area contributed by atoms with E-state index >= 15 is 0 Å². The molecule has 3 rings (SSSR count). The van der Waals surface area contributed by atoms with Crippen LogP contribution in [0.25, 0.3) is 0 Å². The first kappa shape index (κ1) is 14.7. The van der Waals surface area contributed by atoms with E-state index in [-0.39, 0.29) is 5.78 Å². The van der Waals surface area contributed by atoms with E-state index in [1.54, 1.807) is 0 Å². The van der Waals surface area contributed by atoms with Gasteiger partial charge >= 0.3 is 0 Å². The van der Waals surface area contributed by atoms with Crippen LogP contribution in [0.1, 0.15) is 48.5 Å². The number of rotatable bonds is 4. The van der Waals surface area contributed by atoms with Crippen molar-refractivity contribution in [3.05, 3.63) is 35.4 Å². The van der Waals surface area contributed by atoms with Gasteiger partial charge in [0.05, 0.1) is 6.54 Å². The van der Waals surface area contributed by atoms with Gasteiger partial charge in [0, 0.05) is 31.2 Å². The lowest BCUT2D eigenvalue weighted by Gasteiger charge is -2.37. The highest BCUT2D eigenvalue weighted by molar-refractivity contribution is 5.97. The van der Waals surface area contributed by atoms with E-state index in [2.05, 4.69) is 35.8 Å². The van der Waals surface area contributed by atoms with Gasteiger partial charge in [0.25, 0.3) is 0 Å². The summed E-state index contributed by atoms with van der Waals surface area (Å²) in [5, 5.41) is 0. The summed E-state index contributed by atoms with van der Waals surface area (Å²) >= 11 is 0. The summed E-state index contributed by atoms with van der Waals surface area (Å²) in [5.41, 5.74) is 2.15. The Balaban J connectivity index is 1.58. The first-order valence-corrected chi connectivity index (χ1v) is 8.23. The first-order chi connectivity index (χ1) is 10.1. The summed E-state index contributed by atoms with van der Waals surface area (Å²) in [4.78, 5) is 17.4. The number of ketones is 1. The molecule has 3 heteroatoms. The fourth-order valence-electron chi connectivity index (χ4n) is 3.55. The number of Topliss-reactive ketones (excluding diaryl/α,β-unsaturated/α-hetero) is 1. The van der Waals surface area contributed by atoms with Crippen molar-refractivity contribution in [1.29, 1.82) is 0 Å². The van der Waals surface area contributed by atoms with Gasteiger partial charge in [-0.1, -0.05) is 38.1 Å². The molecule has 3 nitrogen and oxygen atoms in total. The zero-order chi connectivity index (χ0) is 14.8. The Morgan fingerprint density at radius 2 is 1.95 bits per heavy atom. The Kier molecular flexibility index (Phi) is 4.41. The Hall–Kier alpha value is -1.19. The highest BCUT2D eigenvalue weighted by Gasteiger charge is 2.31. The van der Waals surface area contributed by atoms with E-state index < -0.39 is 0 Å². The molecule has 2 saturated heterocycles. The van der Waals surface area contributed by atoms with E-state index in [1.165, 1.54) is 24.9 Å². The van der Waals surface area contributed by atoms with Gasteiger partial charge in [0.15, 0.2) is 5.78 Å². The number of hydrogen-bond acceptors (Lipinski definition) is 3. The van der Waals surface area contributed by atoms with Crippen LogP contribution in [-0.2, 0) is 0 Å². The summed E-state index contributed by atoms with van der Waals surface area (Å²) in [6, 6.07) is 8.85. The molecule has 1 atom stereocenters. The Morgan fingerprint density at radius 1 is 1.19 bits per heavy atom. The van der Waals surface area contributed by atoms with Gasteiger partial charge in [-0.2, -0.15) is 0 Å². The van der Waals surface area contributed by atoms with Gasteiger partial charge in [-0.15, -0.1) is 0 Å². The standard InChI is InChI=1S/C18H26N2O/c1-14(2)15-5-7-16(8-6-15)18(21)13-19-10-11-20-9-3-4-17(20)12-19/h5-8,14,17H,3-4,9-13H2,1-2H3. The third-order valence-electron chi connectivity index (χ3n) is 4.94. The topological polar surface area (TPSA) is 23.6 Å². The fraction of sp³-hybridized carbons (Fsp3) is 0.611. The van der Waals surface area contributed by atoms with E-state index in [9.17, 15) is 4.79 Å². The van der Waals surface area contributed by atoms with E-state index in [4.69, 9.17) is 0 Å². The second-order valence-electron chi connectivity index (χ2n) is 6.77. The lowest BCUT2D eigenvalue weighted by Crippen LogP contribution is -2.51. The number of fused-ring (bicyclic) bond motifs is 1. The summed E-state index contributed by atoms with van der Waals surface area (Å²) in [6.07, 6.45) is 2.62. The number of benzene rings is 1. The Bertz CT molecular complexity index is 494. The van der Waals surface area contributed by atoms with Crippen LogP contribution in [0.3, 0.4) is 0 Å². The molecule has 0 radical (unpaired) electrons. The van der Waals surface area contributed by atoms with Gasteiger partial charge in [-0.25, -0.2) is 0 Å². The summed E-state index contributed by atoms with van der Waals surface area (Å²) in [7, 11) is 0. The van der Waals surface area contributed by atoms with Crippen LogP contribution in [0.5, 0.6) is 0 Å². The fourth-order valence-corrected chi connectivity index (χ4v) is 3.55. The summed E-state index contributed by atoms with van der Waals surface area (Å²) in [6.45, 7) is 9.41. The smallest absolute Gasteiger partial charge is 0.176 e. The van der Waals surface area contributed by atoms with Crippen molar-refractivity contribution in [2.24, 2.45) is 0 Å². The largest absolute Gasteiger partial charge is 0.298 e. The van der Waals surface area contributed by atoms with Crippen LogP contribution < -0.4 is 0 Å². The number of hydrogen-bond donors (Lipinski definition) is 0. The Morgan fingerprint density at radius 3 is 2.67 bits per heavy atom. The van der Waals surface area contributed by atoms with E-state index in [0.29, 0.717) is 18.5 Å². The molecule has 0 bridgehead atoms. The molecule has 1 unspecified atom stereocenters. The lowest BCUT2D eigenvalue weighted by atomic mass is 10.0. The van der Waals surface area contributed by atoms with Crippen LogP contribution in [-0.4, -0.2) is 54.3 Å². The minimum absolute atomic E-state index is 0.261. The highest BCUT2D eigenvalue weighted by atomic mass is 16.1. The zero-order valence-corrected chi connectivity index (χ0v) is 13.2. The molecule has 0 saturated carbocycles. The van der Waals surface area contributed by atoms with Gasteiger partial charge in [0.1, 0.15) is 0 Å². The molecular weight excluding hydrogens is 260 g/mol. The van der Waals surface area contributed by atoms with E-state index in [0.717, 1.165) is 25.2 Å². The zero-order valence-electron chi connectivity index (χ0n) is 13.2. The average molecular weight is 286 g/mol. The molecule has 2 aliphatic heterocycles. The van der Waals surface area contributed by atoms with Crippen molar-refractivity contribution in [3.8, 4) is 0 Å². The normalized spacial score (nSPS) is 23.5. The molecule has 0 N–H and O–H groups in total. The molecule has 2 aliphatic rings. The maximum absolute atomic E-state index is 12.4. The van der Waals surface area contributed by atoms with Crippen LogP contribution in [0, 0.1) is 0 Å². The van der Waals surface area contributed by atoms with Crippen molar-refractivity contribution in [1.82, 2.24) is 9.80 Å². The number of nitrogens with zero attached hydrogens (tertiary/aromatic N) is 2. The molecule has 1 aromatic carbocycles. The molecule has 21 heavy (non-hydrogen) atoms. The molecular formula is C18H26N2O. The molecule has 0 spiro atoms. The van der Waals surface area contributed by atoms with Crippen molar-refractivity contribution >= 4 is 5.78 Å². The third-order valence-corrected chi connectivity index (χ3v) is 4.94. The predicted octanol–water partition coefficient (Wildman–Crippen LogP) is 2.77. The van der Waals surface area contributed by atoms with Crippen LogP contribution in [0.2, 0.25) is 0 Å². The monoisotopic (exact) mass is 286 g/mol. The molecule has 0 amide bonds. The molecule has 2 heterocycles. The lowest BCUT2D eigenvalue weighted by molar-refractivity contribution is 0.0784. The van der Waals surface area contributed by atoms with Gasteiger partial charge < -0.3 is 0 Å². The highest BCUT2D eigenvalue weighted by Crippen LogP contribution is 2.21. The third kappa shape index (κ3) is 3.35. The van der Waals surface area contributed by atoms with Gasteiger partial charge in [-0.3, -0.25) is 14.6 Å². The second kappa shape index (κ2) is 6.29. The molecule has 1 aromatic rings. The summed E-state index contributed by atoms with van der Waals surface area (Å²) in [5.74, 6) is 0.779. The SMILES string of the molecule is CC(C)c1ccc(C(=O)CN2CCN3CCCC3C2)cc1. The molecule has 0 aliphatic carbocycles. The molecule has 2 fully saturated rings. The van der Waals surface area contributed by atoms with Crippen LogP contribution in [0.15, 0.2) is 24.3 Å². The maximum atomic E-state index is 12.4. The quantitative estimate of drug-likeness (QED) is 0.795. The van der Waals surface area contributed by atoms with Crippen molar-refractivity contribution in [2.75, 3.05) is 32.7 Å². The van der Waals surface area contributed by atoms with Crippen molar-refractivity contribution < 1.29 is 4.79 Å². The first-order valence-electron chi connectivity index (χ1n) is 8.23. The second-order valence-corrected chi connectivity index (χ2v) is 6.77. The number of piperazine rings is 1. The minimum atomic E-state index is 0.261. The van der Waals surface area contributed by atoms with E-state index in [1.807, 2.05) is 12.1 Å². The van der Waals surface area contributed by atoms with Crippen LogP contribution in [0.4, 0.5) is 0 Å². The predicted molar refractivity (Wildman–Crippen MR) is 85.9 cm³/mol. The van der Waals surface area contributed by atoms with Crippen molar-refractivity contribution in [3.63, 3.8) is 0 Å². The maximum Gasteiger partial charge on any atom is 0.176 e. The molecule has 114 valence electrons. The van der Waals surface area contributed by atoms with Gasteiger partial charge in [-0.05, 0) is 30.9 Å². The van der Waals surface area contributed by atoms with Crippen LogP contribution >= 0.6 is 0 Å². The number of carbonyl (C=O) groups is 1. The number of carbonyl (C=O) groups excluding carboxylic acids is 1.